The van der Waals surface area contributed by atoms with Gasteiger partial charge in [-0.3, -0.25) is 4.90 Å². The van der Waals surface area contributed by atoms with Crippen molar-refractivity contribution >= 4 is 5.97 Å². The minimum atomic E-state index is -0.228. The molecule has 2 aliphatic heterocycles. The van der Waals surface area contributed by atoms with E-state index in [9.17, 15) is 4.79 Å². The fourth-order valence-electron chi connectivity index (χ4n) is 4.24. The van der Waals surface area contributed by atoms with Gasteiger partial charge in [-0.2, -0.15) is 5.26 Å². The van der Waals surface area contributed by atoms with Crippen molar-refractivity contribution in [2.45, 2.75) is 26.1 Å². The molecule has 1 aromatic carbocycles. The summed E-state index contributed by atoms with van der Waals surface area (Å²) < 4.78 is 6.69. The maximum absolute atomic E-state index is 11.8. The summed E-state index contributed by atoms with van der Waals surface area (Å²) in [6, 6.07) is 10.00. The number of carbonyl (C=O) groups excluding carboxylic acids is 1. The number of fused-ring (bicyclic) bond motifs is 1. The molecular weight excluding hydrogens is 394 g/mol. The molecule has 1 N–H and O–H groups in total. The molecule has 0 bridgehead atoms. The van der Waals surface area contributed by atoms with E-state index in [0.29, 0.717) is 18.0 Å². The molecular formula is C22H21N7O2. The number of nitriles is 1. The molecule has 31 heavy (non-hydrogen) atoms. The number of nitrogens with one attached hydrogen (secondary N) is 1. The Kier molecular flexibility index (Phi) is 4.94. The quantitative estimate of drug-likeness (QED) is 0.641. The third-order valence-electron chi connectivity index (χ3n) is 5.90. The second-order valence-corrected chi connectivity index (χ2v) is 7.81. The van der Waals surface area contributed by atoms with Gasteiger partial charge in [0.2, 0.25) is 0 Å². The molecule has 3 aromatic rings. The number of pyridine rings is 1. The van der Waals surface area contributed by atoms with E-state index in [1.807, 2.05) is 36.5 Å². The van der Waals surface area contributed by atoms with E-state index in [0.717, 1.165) is 42.9 Å². The lowest BCUT2D eigenvalue weighted by molar-refractivity contribution is 0.0535. The van der Waals surface area contributed by atoms with Crippen molar-refractivity contribution in [2.24, 2.45) is 0 Å². The van der Waals surface area contributed by atoms with Crippen molar-refractivity contribution in [3.05, 3.63) is 70.2 Å². The topological polar surface area (TPSA) is 109 Å². The van der Waals surface area contributed by atoms with Gasteiger partial charge in [-0.25, -0.2) is 14.5 Å². The van der Waals surface area contributed by atoms with Crippen LogP contribution in [0, 0.1) is 18.3 Å². The highest BCUT2D eigenvalue weighted by Gasteiger charge is 2.28. The van der Waals surface area contributed by atoms with Crippen LogP contribution in [-0.4, -0.2) is 50.5 Å². The Morgan fingerprint density at radius 1 is 1.32 bits per heavy atom. The zero-order valence-electron chi connectivity index (χ0n) is 17.1. The van der Waals surface area contributed by atoms with Gasteiger partial charge in [0.25, 0.3) is 0 Å². The van der Waals surface area contributed by atoms with Gasteiger partial charge in [-0.15, -0.1) is 5.10 Å². The van der Waals surface area contributed by atoms with Crippen LogP contribution in [0.2, 0.25) is 0 Å². The van der Waals surface area contributed by atoms with E-state index in [-0.39, 0.29) is 17.7 Å². The molecule has 4 heterocycles. The van der Waals surface area contributed by atoms with Crippen molar-refractivity contribution in [2.75, 3.05) is 19.6 Å². The maximum Gasteiger partial charge on any atom is 0.338 e. The molecule has 1 fully saturated rings. The number of nitrogens with zero attached hydrogens (tertiary/aromatic N) is 6. The van der Waals surface area contributed by atoms with Gasteiger partial charge in [0, 0.05) is 44.0 Å². The van der Waals surface area contributed by atoms with Crippen LogP contribution >= 0.6 is 0 Å². The third-order valence-corrected chi connectivity index (χ3v) is 5.90. The largest absolute Gasteiger partial charge is 0.457 e. The molecule has 0 saturated carbocycles. The number of benzene rings is 1. The predicted molar refractivity (Wildman–Crippen MR) is 110 cm³/mol. The lowest BCUT2D eigenvalue weighted by Crippen LogP contribution is -2.45. The van der Waals surface area contributed by atoms with Crippen LogP contribution in [0.5, 0.6) is 0 Å². The highest BCUT2D eigenvalue weighted by atomic mass is 16.5. The van der Waals surface area contributed by atoms with E-state index < -0.39 is 0 Å². The maximum atomic E-state index is 11.8. The van der Waals surface area contributed by atoms with Crippen LogP contribution < -0.4 is 5.32 Å². The van der Waals surface area contributed by atoms with E-state index >= 15 is 0 Å². The first kappa shape index (κ1) is 19.4. The summed E-state index contributed by atoms with van der Waals surface area (Å²) in [6.45, 7) is 5.92. The van der Waals surface area contributed by atoms with E-state index in [2.05, 4.69) is 32.4 Å². The minimum Gasteiger partial charge on any atom is -0.457 e. The highest BCUT2D eigenvalue weighted by molar-refractivity contribution is 5.94. The summed E-state index contributed by atoms with van der Waals surface area (Å²) in [4.78, 5) is 18.7. The second kappa shape index (κ2) is 7.91. The number of rotatable bonds is 4. The van der Waals surface area contributed by atoms with Crippen LogP contribution in [0.4, 0.5) is 0 Å². The van der Waals surface area contributed by atoms with Crippen LogP contribution in [0.1, 0.15) is 44.3 Å². The second-order valence-electron chi connectivity index (χ2n) is 7.81. The Morgan fingerprint density at radius 3 is 3.00 bits per heavy atom. The van der Waals surface area contributed by atoms with Gasteiger partial charge in [0.15, 0.2) is 11.5 Å². The smallest absolute Gasteiger partial charge is 0.338 e. The molecule has 156 valence electrons. The molecule has 1 saturated heterocycles. The third kappa shape index (κ3) is 3.67. The van der Waals surface area contributed by atoms with Crippen LogP contribution in [0.15, 0.2) is 36.7 Å². The number of aromatic nitrogens is 4. The summed E-state index contributed by atoms with van der Waals surface area (Å²) in [5.41, 5.74) is 5.42. The van der Waals surface area contributed by atoms with Crippen LogP contribution in [-0.2, 0) is 17.9 Å². The van der Waals surface area contributed by atoms with E-state index in [1.54, 1.807) is 6.20 Å². The van der Waals surface area contributed by atoms with Crippen LogP contribution in [0.3, 0.4) is 0 Å². The molecule has 0 spiro atoms. The Hall–Kier alpha value is -3.61. The highest BCUT2D eigenvalue weighted by Crippen LogP contribution is 2.30. The fourth-order valence-corrected chi connectivity index (χ4v) is 4.24. The van der Waals surface area contributed by atoms with Gasteiger partial charge < -0.3 is 10.1 Å². The molecule has 2 aromatic heterocycles. The van der Waals surface area contributed by atoms with Crippen molar-refractivity contribution in [1.29, 1.82) is 5.26 Å². The van der Waals surface area contributed by atoms with Gasteiger partial charge in [0.05, 0.1) is 11.8 Å². The van der Waals surface area contributed by atoms with Crippen molar-refractivity contribution < 1.29 is 9.53 Å². The number of esters is 1. The normalized spacial score (nSPS) is 18.5. The number of cyclic esters (lactones) is 1. The average Bonchev–Trinajstić information content (AvgIpc) is 3.42. The molecule has 0 aliphatic carbocycles. The van der Waals surface area contributed by atoms with Crippen LogP contribution in [0.25, 0.3) is 5.82 Å². The molecule has 0 radical (unpaired) electrons. The number of carbonyl (C=O) groups is 1. The molecule has 5 rings (SSSR count). The average molecular weight is 415 g/mol. The molecule has 2 aliphatic rings. The van der Waals surface area contributed by atoms with Gasteiger partial charge >= 0.3 is 5.97 Å². The lowest BCUT2D eigenvalue weighted by atomic mass is 9.93. The van der Waals surface area contributed by atoms with E-state index in [4.69, 9.17) is 10.00 Å². The number of ether oxygens (including phenoxy) is 1. The first-order chi connectivity index (χ1) is 15.1. The fraction of sp³-hybridized carbons (Fsp3) is 0.318. The summed E-state index contributed by atoms with van der Waals surface area (Å²) in [5.74, 6) is 0.398. The number of hydrogen-bond donors (Lipinski definition) is 1. The zero-order valence-corrected chi connectivity index (χ0v) is 17.1. The summed E-state index contributed by atoms with van der Waals surface area (Å²) in [6.07, 6.45) is 3.39. The number of piperazine rings is 1. The molecule has 9 heteroatoms. The Balaban J connectivity index is 1.28. The van der Waals surface area contributed by atoms with Gasteiger partial charge in [-0.05, 0) is 35.7 Å². The predicted octanol–water partition coefficient (Wildman–Crippen LogP) is 1.66. The molecule has 9 nitrogen and oxygen atoms in total. The van der Waals surface area contributed by atoms with Crippen molar-refractivity contribution in [3.8, 4) is 11.9 Å². The van der Waals surface area contributed by atoms with Gasteiger partial charge in [-0.1, -0.05) is 17.3 Å². The Labute approximate surface area is 179 Å². The first-order valence-corrected chi connectivity index (χ1v) is 10.2. The van der Waals surface area contributed by atoms with Crippen molar-refractivity contribution in [1.82, 2.24) is 30.2 Å². The summed E-state index contributed by atoms with van der Waals surface area (Å²) in [5, 5.41) is 20.2. The summed E-state index contributed by atoms with van der Waals surface area (Å²) >= 11 is 0. The Bertz CT molecular complexity index is 1180. The SMILES string of the molecule is Cc1c([C@@H]2CN(Cc3ccc(-n4cc(C#N)nn4)nc3)CCN2)ccc2c1COC2=O. The van der Waals surface area contributed by atoms with E-state index in [1.165, 1.54) is 10.2 Å². The molecule has 0 amide bonds. The minimum absolute atomic E-state index is 0.196. The Morgan fingerprint density at radius 2 is 2.23 bits per heavy atom. The first-order valence-electron chi connectivity index (χ1n) is 10.2. The molecule has 0 unspecified atom stereocenters. The zero-order chi connectivity index (χ0) is 21.4. The van der Waals surface area contributed by atoms with Gasteiger partial charge in [0.1, 0.15) is 12.7 Å². The monoisotopic (exact) mass is 415 g/mol. The molecule has 1 atom stereocenters. The number of hydrogen-bond acceptors (Lipinski definition) is 8. The summed E-state index contributed by atoms with van der Waals surface area (Å²) in [7, 11) is 0. The van der Waals surface area contributed by atoms with Crippen molar-refractivity contribution in [3.63, 3.8) is 0 Å². The lowest BCUT2D eigenvalue weighted by Gasteiger charge is -2.34. The standard InChI is InChI=1S/C22H21N7O2/c1-14-17(3-4-18-19(14)13-31-22(18)30)20-12-28(7-6-24-20)10-15-2-5-21(25-9-15)29-11-16(8-23)26-27-29/h2-5,9,11,20,24H,6-7,10,12-13H2,1H3/t20-/m0/s1.